The lowest BCUT2D eigenvalue weighted by molar-refractivity contribution is -0.287. The molecule has 0 aromatic carbocycles. The van der Waals surface area contributed by atoms with Gasteiger partial charge in [-0.15, -0.1) is 0 Å². The maximum atomic E-state index is 12.5. The molecule has 184 valence electrons. The molecule has 14 nitrogen and oxygen atoms in total. The molecule has 1 fully saturated rings. The van der Waals surface area contributed by atoms with Crippen LogP contribution in [0.25, 0.3) is 0 Å². The second-order valence-electron chi connectivity index (χ2n) is 6.97. The molecule has 14 heteroatoms. The van der Waals surface area contributed by atoms with E-state index < -0.39 is 77.9 Å². The van der Waals surface area contributed by atoms with Crippen LogP contribution in [0.5, 0.6) is 0 Å². The third-order valence-corrected chi connectivity index (χ3v) is 4.23. The summed E-state index contributed by atoms with van der Waals surface area (Å²) in [7, 11) is 0. The summed E-state index contributed by atoms with van der Waals surface area (Å²) in [5, 5.41) is 10.1. The fourth-order valence-electron chi connectivity index (χ4n) is 3.46. The lowest BCUT2D eigenvalue weighted by Crippen LogP contribution is -2.77. The number of carbonyl (C=O) groups excluding carboxylic acids is 6. The highest BCUT2D eigenvalue weighted by atomic mass is 16.7. The fourth-order valence-corrected chi connectivity index (χ4v) is 3.46. The van der Waals surface area contributed by atoms with Crippen molar-refractivity contribution in [3.63, 3.8) is 0 Å². The predicted molar refractivity (Wildman–Crippen MR) is 99.9 cm³/mol. The quantitative estimate of drug-likeness (QED) is 0.348. The Bertz CT molecular complexity index is 801. The molecular formula is C19H24O14. The van der Waals surface area contributed by atoms with Crippen LogP contribution in [0.1, 0.15) is 41.5 Å². The van der Waals surface area contributed by atoms with E-state index in [1.54, 1.807) is 0 Å². The topological polar surface area (TPSA) is 195 Å². The molecule has 0 amide bonds. The number of carbonyl (C=O) groups is 7. The van der Waals surface area contributed by atoms with Crippen molar-refractivity contribution in [2.75, 3.05) is 0 Å². The van der Waals surface area contributed by atoms with Crippen molar-refractivity contribution in [1.29, 1.82) is 0 Å². The molecule has 4 atom stereocenters. The number of hydrogen-bond donors (Lipinski definition) is 1. The van der Waals surface area contributed by atoms with E-state index in [4.69, 9.17) is 28.4 Å². The Balaban J connectivity index is 4.05. The van der Waals surface area contributed by atoms with Crippen molar-refractivity contribution in [3.05, 3.63) is 0 Å². The minimum absolute atomic E-state index is 0.806. The number of esters is 6. The molecule has 0 spiro atoms. The molecule has 1 aliphatic rings. The molecular weight excluding hydrogens is 452 g/mol. The van der Waals surface area contributed by atoms with Crippen molar-refractivity contribution in [1.82, 2.24) is 0 Å². The summed E-state index contributed by atoms with van der Waals surface area (Å²) in [4.78, 5) is 83.6. The molecule has 0 bridgehead atoms. The maximum absolute atomic E-state index is 12.5. The number of ether oxygens (including phenoxy) is 6. The van der Waals surface area contributed by atoms with E-state index in [1.807, 2.05) is 0 Å². The molecule has 0 aliphatic heterocycles. The highest BCUT2D eigenvalue weighted by Gasteiger charge is 2.73. The number of rotatable bonds is 7. The van der Waals surface area contributed by atoms with Crippen LogP contribution in [0.2, 0.25) is 0 Å². The van der Waals surface area contributed by atoms with Crippen LogP contribution in [-0.4, -0.2) is 83.0 Å². The third kappa shape index (κ3) is 6.40. The van der Waals surface area contributed by atoms with Gasteiger partial charge in [0.1, 0.15) is 0 Å². The van der Waals surface area contributed by atoms with Gasteiger partial charge in [-0.2, -0.15) is 0 Å². The fraction of sp³-hybridized carbons (Fsp3) is 0.632. The van der Waals surface area contributed by atoms with Gasteiger partial charge in [-0.05, 0) is 0 Å². The first-order valence-electron chi connectivity index (χ1n) is 9.42. The summed E-state index contributed by atoms with van der Waals surface area (Å²) in [6.45, 7) is 5.28. The lowest BCUT2D eigenvalue weighted by Gasteiger charge is -2.51. The minimum Gasteiger partial charge on any atom is -0.478 e. The van der Waals surface area contributed by atoms with Crippen molar-refractivity contribution in [2.24, 2.45) is 0 Å². The standard InChI is InChI=1S/C19H24O14/c1-7(20)28-13-14(29-8(2)21)16(31-10(4)23)19(18(26)27,33-12(6)25)17(32-11(5)24)15(13)30-9(3)22/h13-17H,1-6H3,(H,26,27). The first-order valence-corrected chi connectivity index (χ1v) is 9.42. The van der Waals surface area contributed by atoms with Gasteiger partial charge in [-0.1, -0.05) is 0 Å². The van der Waals surface area contributed by atoms with E-state index in [0.29, 0.717) is 0 Å². The van der Waals surface area contributed by atoms with Crippen LogP contribution in [0.15, 0.2) is 0 Å². The van der Waals surface area contributed by atoms with Gasteiger partial charge < -0.3 is 33.5 Å². The number of aliphatic carboxylic acids is 1. The van der Waals surface area contributed by atoms with Gasteiger partial charge in [0, 0.05) is 41.5 Å². The summed E-state index contributed by atoms with van der Waals surface area (Å²) in [5.74, 6) is -8.60. The highest BCUT2D eigenvalue weighted by Crippen LogP contribution is 2.42. The SMILES string of the molecule is CC(=O)OC1C(OC(C)=O)C(OC(C)=O)C(OC(C)=O)(C(=O)O)C(OC(C)=O)C1OC(C)=O. The first-order chi connectivity index (χ1) is 15.1. The van der Waals surface area contributed by atoms with E-state index in [-0.39, 0.29) is 0 Å². The molecule has 0 aromatic heterocycles. The predicted octanol–water partition coefficient (Wildman–Crippen LogP) is -0.955. The largest absolute Gasteiger partial charge is 0.478 e. The summed E-state index contributed by atoms with van der Waals surface area (Å²) in [6, 6.07) is 0. The molecule has 1 N–H and O–H groups in total. The van der Waals surface area contributed by atoms with Crippen LogP contribution < -0.4 is 0 Å². The lowest BCUT2D eigenvalue weighted by atomic mass is 9.73. The Morgan fingerprint density at radius 3 is 1.06 bits per heavy atom. The van der Waals surface area contributed by atoms with E-state index in [9.17, 15) is 38.7 Å². The zero-order valence-electron chi connectivity index (χ0n) is 18.6. The summed E-state index contributed by atoms with van der Waals surface area (Å²) >= 11 is 0. The Kier molecular flexibility index (Phi) is 8.89. The van der Waals surface area contributed by atoms with Crippen molar-refractivity contribution < 1.29 is 67.1 Å². The van der Waals surface area contributed by atoms with E-state index >= 15 is 0 Å². The maximum Gasteiger partial charge on any atom is 0.356 e. The van der Waals surface area contributed by atoms with Crippen LogP contribution in [0.3, 0.4) is 0 Å². The minimum atomic E-state index is -3.08. The summed E-state index contributed by atoms with van der Waals surface area (Å²) < 4.78 is 30.4. The Hall–Kier alpha value is -3.71. The molecule has 4 unspecified atom stereocenters. The average molecular weight is 476 g/mol. The second-order valence-corrected chi connectivity index (χ2v) is 6.97. The number of carboxylic acid groups (broad SMARTS) is 1. The van der Waals surface area contributed by atoms with E-state index in [2.05, 4.69) is 0 Å². The molecule has 0 radical (unpaired) electrons. The summed E-state index contributed by atoms with van der Waals surface area (Å²) in [6.07, 6.45) is -10.2. The second kappa shape index (κ2) is 10.7. The Morgan fingerprint density at radius 2 is 0.818 bits per heavy atom. The van der Waals surface area contributed by atoms with Gasteiger partial charge in [-0.25, -0.2) is 4.79 Å². The zero-order valence-corrected chi connectivity index (χ0v) is 18.6. The third-order valence-electron chi connectivity index (χ3n) is 4.23. The highest BCUT2D eigenvalue weighted by molar-refractivity contribution is 5.85. The van der Waals surface area contributed by atoms with E-state index in [1.165, 1.54) is 0 Å². The van der Waals surface area contributed by atoms with Crippen LogP contribution in [0, 0.1) is 0 Å². The van der Waals surface area contributed by atoms with Gasteiger partial charge in [0.25, 0.3) is 5.60 Å². The van der Waals surface area contributed by atoms with Gasteiger partial charge in [0.2, 0.25) is 0 Å². The smallest absolute Gasteiger partial charge is 0.356 e. The Labute approximate surface area is 187 Å². The summed E-state index contributed by atoms with van der Waals surface area (Å²) in [5.41, 5.74) is -3.08. The first kappa shape index (κ1) is 27.3. The molecule has 33 heavy (non-hydrogen) atoms. The van der Waals surface area contributed by atoms with Crippen molar-refractivity contribution in [3.8, 4) is 0 Å². The average Bonchev–Trinajstić information content (AvgIpc) is 2.61. The van der Waals surface area contributed by atoms with Crippen molar-refractivity contribution >= 4 is 41.8 Å². The molecule has 0 saturated heterocycles. The molecule has 1 aliphatic carbocycles. The van der Waals surface area contributed by atoms with Crippen LogP contribution in [0.4, 0.5) is 0 Å². The molecule has 1 saturated carbocycles. The molecule has 0 heterocycles. The number of carboxylic acids is 1. The van der Waals surface area contributed by atoms with Gasteiger partial charge in [-0.3, -0.25) is 28.8 Å². The normalized spacial score (nSPS) is 28.5. The monoisotopic (exact) mass is 476 g/mol. The van der Waals surface area contributed by atoms with Gasteiger partial charge >= 0.3 is 41.8 Å². The van der Waals surface area contributed by atoms with Crippen molar-refractivity contribution in [2.45, 2.75) is 77.7 Å². The Morgan fingerprint density at radius 1 is 0.515 bits per heavy atom. The van der Waals surface area contributed by atoms with Crippen LogP contribution >= 0.6 is 0 Å². The number of hydrogen-bond acceptors (Lipinski definition) is 13. The van der Waals surface area contributed by atoms with E-state index in [0.717, 1.165) is 41.5 Å². The van der Waals surface area contributed by atoms with Gasteiger partial charge in [0.05, 0.1) is 0 Å². The van der Waals surface area contributed by atoms with Crippen LogP contribution in [-0.2, 0) is 62.0 Å². The molecule has 0 aromatic rings. The zero-order chi connectivity index (χ0) is 25.7. The molecule has 1 rings (SSSR count). The van der Waals surface area contributed by atoms with Gasteiger partial charge in [0.15, 0.2) is 30.5 Å².